The summed E-state index contributed by atoms with van der Waals surface area (Å²) in [6.07, 6.45) is 1.84. The minimum atomic E-state index is -0.332. The van der Waals surface area contributed by atoms with E-state index >= 15 is 0 Å². The predicted molar refractivity (Wildman–Crippen MR) is 64.0 cm³/mol. The van der Waals surface area contributed by atoms with E-state index in [1.807, 2.05) is 6.07 Å². The fourth-order valence-electron chi connectivity index (χ4n) is 1.51. The highest BCUT2D eigenvalue weighted by Gasteiger charge is 2.07. The number of hydrogen-bond donors (Lipinski definition) is 0. The van der Waals surface area contributed by atoms with Crippen molar-refractivity contribution in [3.05, 3.63) is 52.9 Å². The summed E-state index contributed by atoms with van der Waals surface area (Å²) < 4.78 is 13.1. The lowest BCUT2D eigenvalue weighted by molar-refractivity contribution is 0.628. The third kappa shape index (κ3) is 2.61. The number of halogens is 2. The molecule has 0 aliphatic rings. The Labute approximate surface area is 103 Å². The summed E-state index contributed by atoms with van der Waals surface area (Å²) in [6.45, 7) is 0. The number of rotatable bonds is 2. The van der Waals surface area contributed by atoms with Crippen LogP contribution >= 0.6 is 11.6 Å². The van der Waals surface area contributed by atoms with Gasteiger partial charge in [-0.1, -0.05) is 23.7 Å². The quantitative estimate of drug-likeness (QED) is 0.812. The van der Waals surface area contributed by atoms with Crippen LogP contribution in [0.3, 0.4) is 0 Å². The second-order valence-corrected chi connectivity index (χ2v) is 3.93. The van der Waals surface area contributed by atoms with Gasteiger partial charge in [0.2, 0.25) is 0 Å². The molecule has 2 aromatic rings. The maximum Gasteiger partial charge on any atom is 0.123 e. The van der Waals surface area contributed by atoms with E-state index in [4.69, 9.17) is 16.9 Å². The Bertz CT molecular complexity index is 590. The van der Waals surface area contributed by atoms with Crippen molar-refractivity contribution < 1.29 is 4.39 Å². The second-order valence-electron chi connectivity index (χ2n) is 3.52. The average molecular weight is 247 g/mol. The first kappa shape index (κ1) is 11.6. The normalized spacial score (nSPS) is 9.94. The third-order valence-electron chi connectivity index (χ3n) is 2.28. The highest BCUT2D eigenvalue weighted by Crippen LogP contribution is 2.26. The molecule has 0 aliphatic heterocycles. The maximum atomic E-state index is 13.1. The van der Waals surface area contributed by atoms with Gasteiger partial charge >= 0.3 is 0 Å². The molecule has 1 heterocycles. The Morgan fingerprint density at radius 1 is 1.35 bits per heavy atom. The lowest BCUT2D eigenvalue weighted by atomic mass is 10.1. The molecule has 0 N–H and O–H groups in total. The van der Waals surface area contributed by atoms with Crippen LogP contribution < -0.4 is 0 Å². The van der Waals surface area contributed by atoms with Gasteiger partial charge in [-0.2, -0.15) is 5.26 Å². The van der Waals surface area contributed by atoms with Gasteiger partial charge < -0.3 is 0 Å². The zero-order valence-corrected chi connectivity index (χ0v) is 9.58. The molecule has 0 unspecified atom stereocenters. The molecular weight excluding hydrogens is 239 g/mol. The molecule has 0 spiro atoms. The molecule has 17 heavy (non-hydrogen) atoms. The Kier molecular flexibility index (Phi) is 3.36. The summed E-state index contributed by atoms with van der Waals surface area (Å²) in [5, 5.41) is 8.98. The Morgan fingerprint density at radius 3 is 2.82 bits per heavy atom. The molecule has 0 saturated carbocycles. The SMILES string of the molecule is N#CCc1cnc(-c2cccc(F)c2)c(Cl)c1. The third-order valence-corrected chi connectivity index (χ3v) is 2.57. The van der Waals surface area contributed by atoms with Crippen LogP contribution in [0.25, 0.3) is 11.3 Å². The van der Waals surface area contributed by atoms with E-state index in [9.17, 15) is 4.39 Å². The first-order valence-corrected chi connectivity index (χ1v) is 5.36. The molecule has 0 radical (unpaired) electrons. The number of benzene rings is 1. The molecule has 0 amide bonds. The summed E-state index contributed by atoms with van der Waals surface area (Å²) in [7, 11) is 0. The van der Waals surface area contributed by atoms with E-state index in [1.165, 1.54) is 12.1 Å². The van der Waals surface area contributed by atoms with Crippen molar-refractivity contribution in [1.29, 1.82) is 5.26 Å². The van der Waals surface area contributed by atoms with Crippen molar-refractivity contribution in [2.45, 2.75) is 6.42 Å². The summed E-state index contributed by atoms with van der Waals surface area (Å²) in [6, 6.07) is 9.78. The van der Waals surface area contributed by atoms with Gasteiger partial charge in [0.1, 0.15) is 5.82 Å². The van der Waals surface area contributed by atoms with E-state index < -0.39 is 0 Å². The Morgan fingerprint density at radius 2 is 2.18 bits per heavy atom. The van der Waals surface area contributed by atoms with Crippen molar-refractivity contribution in [3.8, 4) is 17.3 Å². The van der Waals surface area contributed by atoms with Crippen LogP contribution in [-0.4, -0.2) is 4.98 Å². The molecule has 2 rings (SSSR count). The van der Waals surface area contributed by atoms with Crippen LogP contribution in [0, 0.1) is 17.1 Å². The topological polar surface area (TPSA) is 36.7 Å². The number of nitrogens with zero attached hydrogens (tertiary/aromatic N) is 2. The molecule has 2 nitrogen and oxygen atoms in total. The standard InChI is InChI=1S/C13H8ClFN2/c14-12-6-9(4-5-16)8-17-13(12)10-2-1-3-11(15)7-10/h1-3,6-8H,4H2. The molecule has 0 atom stereocenters. The van der Waals surface area contributed by atoms with Gasteiger partial charge in [-0.25, -0.2) is 4.39 Å². The first-order chi connectivity index (χ1) is 8.20. The zero-order chi connectivity index (χ0) is 12.3. The molecule has 4 heteroatoms. The lowest BCUT2D eigenvalue weighted by Crippen LogP contribution is -1.90. The van der Waals surface area contributed by atoms with Crippen LogP contribution in [0.5, 0.6) is 0 Å². The van der Waals surface area contributed by atoms with Gasteiger partial charge in [-0.15, -0.1) is 0 Å². The van der Waals surface area contributed by atoms with Gasteiger partial charge in [0.05, 0.1) is 23.2 Å². The van der Waals surface area contributed by atoms with E-state index in [2.05, 4.69) is 4.98 Å². The minimum absolute atomic E-state index is 0.260. The molecule has 0 aliphatic carbocycles. The maximum absolute atomic E-state index is 13.1. The number of pyridine rings is 1. The first-order valence-electron chi connectivity index (χ1n) is 4.98. The fourth-order valence-corrected chi connectivity index (χ4v) is 1.81. The minimum Gasteiger partial charge on any atom is -0.254 e. The number of hydrogen-bond acceptors (Lipinski definition) is 2. The molecule has 0 fully saturated rings. The average Bonchev–Trinajstić information content (AvgIpc) is 2.29. The predicted octanol–water partition coefficient (Wildman–Crippen LogP) is 3.61. The van der Waals surface area contributed by atoms with E-state index in [0.29, 0.717) is 16.3 Å². The van der Waals surface area contributed by atoms with Crippen molar-refractivity contribution in [1.82, 2.24) is 4.98 Å². The van der Waals surface area contributed by atoms with E-state index in [1.54, 1.807) is 24.4 Å². The molecule has 0 bridgehead atoms. The summed E-state index contributed by atoms with van der Waals surface area (Å²) in [4.78, 5) is 4.16. The second kappa shape index (κ2) is 4.94. The zero-order valence-electron chi connectivity index (χ0n) is 8.82. The molecular formula is C13H8ClFN2. The van der Waals surface area contributed by atoms with Gasteiger partial charge in [0.25, 0.3) is 0 Å². The van der Waals surface area contributed by atoms with E-state index in [-0.39, 0.29) is 12.2 Å². The van der Waals surface area contributed by atoms with Gasteiger partial charge in [-0.05, 0) is 23.8 Å². The van der Waals surface area contributed by atoms with Crippen LogP contribution in [-0.2, 0) is 6.42 Å². The van der Waals surface area contributed by atoms with Crippen molar-refractivity contribution in [2.75, 3.05) is 0 Å². The smallest absolute Gasteiger partial charge is 0.123 e. The van der Waals surface area contributed by atoms with Gasteiger partial charge in [-0.3, -0.25) is 4.98 Å². The fraction of sp³-hybridized carbons (Fsp3) is 0.0769. The number of nitriles is 1. The molecule has 84 valence electrons. The van der Waals surface area contributed by atoms with Crippen molar-refractivity contribution in [3.63, 3.8) is 0 Å². The van der Waals surface area contributed by atoms with Crippen LogP contribution in [0.2, 0.25) is 5.02 Å². The molecule has 1 aromatic heterocycles. The molecule has 1 aromatic carbocycles. The van der Waals surface area contributed by atoms with Crippen LogP contribution in [0.4, 0.5) is 4.39 Å². The Hall–Kier alpha value is -1.92. The van der Waals surface area contributed by atoms with E-state index in [0.717, 1.165) is 5.56 Å². The van der Waals surface area contributed by atoms with Crippen LogP contribution in [0.1, 0.15) is 5.56 Å². The highest BCUT2D eigenvalue weighted by atomic mass is 35.5. The molecule has 0 saturated heterocycles. The van der Waals surface area contributed by atoms with Crippen molar-refractivity contribution in [2.24, 2.45) is 0 Å². The summed E-state index contributed by atoms with van der Waals surface area (Å²) >= 11 is 6.06. The van der Waals surface area contributed by atoms with Gasteiger partial charge in [0.15, 0.2) is 0 Å². The van der Waals surface area contributed by atoms with Gasteiger partial charge in [0, 0.05) is 11.8 Å². The lowest BCUT2D eigenvalue weighted by Gasteiger charge is -2.04. The van der Waals surface area contributed by atoms with Crippen molar-refractivity contribution >= 4 is 11.6 Å². The number of aromatic nitrogens is 1. The van der Waals surface area contributed by atoms with Crippen LogP contribution in [0.15, 0.2) is 36.5 Å². The Balaban J connectivity index is 2.44. The summed E-state index contributed by atoms with van der Waals surface area (Å²) in [5.74, 6) is -0.332. The monoisotopic (exact) mass is 246 g/mol. The summed E-state index contributed by atoms with van der Waals surface area (Å²) in [5.41, 5.74) is 1.89. The largest absolute Gasteiger partial charge is 0.254 e. The highest BCUT2D eigenvalue weighted by molar-refractivity contribution is 6.33.